The first-order valence-electron chi connectivity index (χ1n) is 14.6. The van der Waals surface area contributed by atoms with Gasteiger partial charge in [0, 0.05) is 58.6 Å². The summed E-state index contributed by atoms with van der Waals surface area (Å²) in [5.74, 6) is -3.10. The van der Waals surface area contributed by atoms with Crippen molar-refractivity contribution in [1.82, 2.24) is 20.4 Å². The molecule has 3 amide bonds. The summed E-state index contributed by atoms with van der Waals surface area (Å²) in [6, 6.07) is 5.82. The fourth-order valence-corrected chi connectivity index (χ4v) is 6.45. The summed E-state index contributed by atoms with van der Waals surface area (Å²) in [4.78, 5) is 43.5. The second kappa shape index (κ2) is 13.0. The second-order valence-electron chi connectivity index (χ2n) is 11.5. The first kappa shape index (κ1) is 29.7. The molecule has 0 unspecified atom stereocenters. The van der Waals surface area contributed by atoms with E-state index in [9.17, 15) is 23.2 Å². The van der Waals surface area contributed by atoms with Crippen LogP contribution in [-0.2, 0) is 19.1 Å². The normalized spacial score (nSPS) is 29.8. The molecule has 0 radical (unpaired) electrons. The number of benzene rings is 1. The van der Waals surface area contributed by atoms with Gasteiger partial charge in [0.05, 0.1) is 30.4 Å². The van der Waals surface area contributed by atoms with E-state index >= 15 is 0 Å². The maximum Gasteiger partial charge on any atom is 0.258 e. The van der Waals surface area contributed by atoms with Gasteiger partial charge in [0.2, 0.25) is 17.7 Å². The number of piperazine rings is 1. The Bertz CT molecular complexity index is 1100. The summed E-state index contributed by atoms with van der Waals surface area (Å²) in [5, 5.41) is 5.94. The van der Waals surface area contributed by atoms with Crippen LogP contribution in [0.3, 0.4) is 0 Å². The molecule has 1 aromatic rings. The van der Waals surface area contributed by atoms with Gasteiger partial charge in [0.1, 0.15) is 18.4 Å². The lowest BCUT2D eigenvalue weighted by atomic mass is 9.90. The molecule has 12 heteroatoms. The van der Waals surface area contributed by atoms with Crippen molar-refractivity contribution in [2.75, 3.05) is 46.5 Å². The van der Waals surface area contributed by atoms with Crippen LogP contribution in [0.1, 0.15) is 55.3 Å². The summed E-state index contributed by atoms with van der Waals surface area (Å²) in [7, 11) is 1.45. The molecule has 226 valence electrons. The van der Waals surface area contributed by atoms with Gasteiger partial charge in [-0.3, -0.25) is 19.3 Å². The van der Waals surface area contributed by atoms with Crippen molar-refractivity contribution in [3.05, 3.63) is 29.8 Å². The van der Waals surface area contributed by atoms with E-state index in [0.29, 0.717) is 56.6 Å². The van der Waals surface area contributed by atoms with Gasteiger partial charge in [-0.2, -0.15) is 0 Å². The number of methoxy groups -OCH3 is 1. The molecule has 0 spiro atoms. The smallest absolute Gasteiger partial charge is 0.258 e. The van der Waals surface area contributed by atoms with Crippen molar-refractivity contribution in [3.63, 3.8) is 0 Å². The minimum absolute atomic E-state index is 0.0637. The largest absolute Gasteiger partial charge is 0.493 e. The molecule has 1 aromatic carbocycles. The summed E-state index contributed by atoms with van der Waals surface area (Å²) in [6.45, 7) is 1.45. The number of ether oxygens (including phenoxy) is 3. The minimum Gasteiger partial charge on any atom is -0.493 e. The summed E-state index contributed by atoms with van der Waals surface area (Å²) in [5.41, 5.74) is 0.386. The standard InChI is InChI=1S/C29H40F2N4O6/c1-39-18-26(36)33-22-7-6-20-10-15-40-24-5-3-2-4-21(24)28(38)35-14-13-34(19-8-11-29(30,31)12-9-19)17-23(35)27(37)32-16-25(22)41-20/h2-5,19-20,22-23,25H,6-18H2,1H3,(H,32,37)(H,33,36)/t20-,22+,23-,25+/m0/s1. The molecule has 4 aliphatic rings. The molecule has 3 heterocycles. The highest BCUT2D eigenvalue weighted by Gasteiger charge is 2.43. The van der Waals surface area contributed by atoms with Gasteiger partial charge in [-0.05, 0) is 37.8 Å². The van der Waals surface area contributed by atoms with Crippen LogP contribution in [-0.4, -0.2) is 110 Å². The Morgan fingerprint density at radius 1 is 1.12 bits per heavy atom. The van der Waals surface area contributed by atoms with Crippen LogP contribution in [0.25, 0.3) is 0 Å². The van der Waals surface area contributed by atoms with Crippen molar-refractivity contribution < 1.29 is 37.4 Å². The van der Waals surface area contributed by atoms with Gasteiger partial charge in [-0.25, -0.2) is 8.78 Å². The minimum atomic E-state index is -2.65. The number of fused-ring (bicyclic) bond motifs is 4. The average Bonchev–Trinajstić information content (AvgIpc) is 2.96. The first-order chi connectivity index (χ1) is 19.7. The van der Waals surface area contributed by atoms with Crippen molar-refractivity contribution >= 4 is 17.7 Å². The molecule has 1 saturated carbocycles. The number of para-hydroxylation sites is 1. The number of carbonyl (C=O) groups is 3. The van der Waals surface area contributed by atoms with E-state index in [2.05, 4.69) is 15.5 Å². The Labute approximate surface area is 239 Å². The Kier molecular flexibility index (Phi) is 9.40. The maximum atomic E-state index is 13.8. The number of halogens is 2. The highest BCUT2D eigenvalue weighted by Crippen LogP contribution is 2.36. The fourth-order valence-electron chi connectivity index (χ4n) is 6.45. The molecule has 10 nitrogen and oxygen atoms in total. The zero-order valence-electron chi connectivity index (χ0n) is 23.5. The zero-order valence-corrected chi connectivity index (χ0v) is 23.5. The van der Waals surface area contributed by atoms with Crippen molar-refractivity contribution in [2.45, 2.75) is 81.2 Å². The highest BCUT2D eigenvalue weighted by molar-refractivity contribution is 6.00. The summed E-state index contributed by atoms with van der Waals surface area (Å²) >= 11 is 0. The second-order valence-corrected chi connectivity index (χ2v) is 11.5. The maximum absolute atomic E-state index is 13.8. The molecule has 1 aliphatic carbocycles. The topological polar surface area (TPSA) is 109 Å². The van der Waals surface area contributed by atoms with Crippen LogP contribution < -0.4 is 15.4 Å². The van der Waals surface area contributed by atoms with Gasteiger partial charge >= 0.3 is 0 Å². The molecular weight excluding hydrogens is 538 g/mol. The number of carbonyl (C=O) groups excluding carboxylic acids is 3. The monoisotopic (exact) mass is 578 g/mol. The third-order valence-electron chi connectivity index (χ3n) is 8.71. The Balaban J connectivity index is 1.38. The summed E-state index contributed by atoms with van der Waals surface area (Å²) in [6.07, 6.45) is 1.72. The number of nitrogens with zero attached hydrogens (tertiary/aromatic N) is 2. The summed E-state index contributed by atoms with van der Waals surface area (Å²) < 4.78 is 45.0. The van der Waals surface area contributed by atoms with Crippen molar-refractivity contribution in [2.24, 2.45) is 0 Å². The van der Waals surface area contributed by atoms with E-state index < -0.39 is 18.1 Å². The van der Waals surface area contributed by atoms with Gasteiger partial charge in [-0.15, -0.1) is 0 Å². The molecule has 2 N–H and O–H groups in total. The number of hydrogen-bond donors (Lipinski definition) is 2. The van der Waals surface area contributed by atoms with E-state index in [4.69, 9.17) is 14.2 Å². The predicted molar refractivity (Wildman–Crippen MR) is 145 cm³/mol. The van der Waals surface area contributed by atoms with Crippen LogP contribution in [0.15, 0.2) is 24.3 Å². The molecule has 41 heavy (non-hydrogen) atoms. The van der Waals surface area contributed by atoms with Crippen LogP contribution in [0.2, 0.25) is 0 Å². The van der Waals surface area contributed by atoms with E-state index in [1.807, 2.05) is 0 Å². The quantitative estimate of drug-likeness (QED) is 0.563. The van der Waals surface area contributed by atoms with E-state index in [1.54, 1.807) is 29.2 Å². The molecule has 2 bridgehead atoms. The van der Waals surface area contributed by atoms with Crippen LogP contribution in [0.4, 0.5) is 8.78 Å². The van der Waals surface area contributed by atoms with Crippen molar-refractivity contribution in [3.8, 4) is 5.75 Å². The van der Waals surface area contributed by atoms with Crippen molar-refractivity contribution in [1.29, 1.82) is 0 Å². The Morgan fingerprint density at radius 2 is 1.90 bits per heavy atom. The number of amides is 3. The lowest BCUT2D eigenvalue weighted by molar-refractivity contribution is -0.133. The van der Waals surface area contributed by atoms with E-state index in [1.165, 1.54) is 7.11 Å². The van der Waals surface area contributed by atoms with Gasteiger partial charge in [-0.1, -0.05) is 12.1 Å². The SMILES string of the molecule is COCC(=O)N[C@@H]1CC[C@H]2CCOc3ccccc3C(=O)N3CCN(C4CCC(F)(F)CC4)C[C@H]3C(=O)NC[C@H]1O2. The van der Waals surface area contributed by atoms with Gasteiger partial charge < -0.3 is 29.7 Å². The zero-order chi connectivity index (χ0) is 29.0. The third-order valence-corrected chi connectivity index (χ3v) is 8.71. The van der Waals surface area contributed by atoms with E-state index in [0.717, 1.165) is 0 Å². The van der Waals surface area contributed by atoms with Gasteiger partial charge in [0.15, 0.2) is 0 Å². The molecule has 2 saturated heterocycles. The fraction of sp³-hybridized carbons (Fsp3) is 0.690. The average molecular weight is 579 g/mol. The predicted octanol–water partition coefficient (Wildman–Crippen LogP) is 1.97. The molecule has 3 fully saturated rings. The molecule has 5 rings (SSSR count). The lowest BCUT2D eigenvalue weighted by Crippen LogP contribution is -2.63. The number of nitrogens with one attached hydrogen (secondary N) is 2. The lowest BCUT2D eigenvalue weighted by Gasteiger charge is -2.45. The van der Waals surface area contributed by atoms with Gasteiger partial charge in [0.25, 0.3) is 5.91 Å². The van der Waals surface area contributed by atoms with Crippen LogP contribution in [0.5, 0.6) is 5.75 Å². The van der Waals surface area contributed by atoms with E-state index in [-0.39, 0.29) is 75.0 Å². The van der Waals surface area contributed by atoms with Crippen LogP contribution >= 0.6 is 0 Å². The molecular formula is C29H40F2N4O6. The molecule has 0 aromatic heterocycles. The molecule has 4 atom stereocenters. The first-order valence-corrected chi connectivity index (χ1v) is 14.6. The Hall–Kier alpha value is -2.83. The third kappa shape index (κ3) is 7.15. The Morgan fingerprint density at radius 3 is 2.68 bits per heavy atom. The number of rotatable bonds is 4. The van der Waals surface area contributed by atoms with Crippen LogP contribution in [0, 0.1) is 0 Å². The highest BCUT2D eigenvalue weighted by atomic mass is 19.3. The molecule has 3 aliphatic heterocycles. The number of alkyl halides is 2. The number of hydrogen-bond acceptors (Lipinski definition) is 7.